The van der Waals surface area contributed by atoms with E-state index < -0.39 is 12.1 Å². The van der Waals surface area contributed by atoms with Crippen LogP contribution in [0.15, 0.2) is 72.8 Å². The molecule has 3 N–H and O–H groups in total. The zero-order chi connectivity index (χ0) is 24.6. The van der Waals surface area contributed by atoms with Crippen molar-refractivity contribution in [3.8, 4) is 11.1 Å². The van der Waals surface area contributed by atoms with E-state index in [0.29, 0.717) is 5.56 Å². The first-order valence-electron chi connectivity index (χ1n) is 11.3. The summed E-state index contributed by atoms with van der Waals surface area (Å²) in [4.78, 5) is 35.1. The lowest BCUT2D eigenvalue weighted by atomic mass is 9.98. The van der Waals surface area contributed by atoms with E-state index in [1.54, 1.807) is 12.1 Å². The molecular formula is C27H26N2O6. The Morgan fingerprint density at radius 3 is 2.23 bits per heavy atom. The van der Waals surface area contributed by atoms with Crippen LogP contribution in [0.4, 0.5) is 4.79 Å². The summed E-state index contributed by atoms with van der Waals surface area (Å²) in [7, 11) is 0. The number of carboxylic acid groups (broad SMARTS) is 1. The molecule has 4 rings (SSSR count). The molecule has 0 radical (unpaired) electrons. The summed E-state index contributed by atoms with van der Waals surface area (Å²) in [5.41, 5.74) is 5.45. The highest BCUT2D eigenvalue weighted by Crippen LogP contribution is 2.44. The predicted molar refractivity (Wildman–Crippen MR) is 129 cm³/mol. The molecule has 35 heavy (non-hydrogen) atoms. The van der Waals surface area contributed by atoms with Crippen LogP contribution >= 0.6 is 0 Å². The molecule has 180 valence electrons. The van der Waals surface area contributed by atoms with E-state index in [-0.39, 0.29) is 50.3 Å². The number of carboxylic acids is 1. The first-order valence-corrected chi connectivity index (χ1v) is 11.3. The number of nitrogens with one attached hydrogen (secondary N) is 2. The van der Waals surface area contributed by atoms with Gasteiger partial charge in [0.2, 0.25) is 5.91 Å². The van der Waals surface area contributed by atoms with Crippen molar-refractivity contribution in [1.82, 2.24) is 10.6 Å². The van der Waals surface area contributed by atoms with E-state index in [2.05, 4.69) is 34.9 Å². The molecule has 0 saturated carbocycles. The molecule has 0 aromatic heterocycles. The number of amides is 2. The van der Waals surface area contributed by atoms with Gasteiger partial charge in [0.25, 0.3) is 0 Å². The Bertz CT molecular complexity index is 1180. The summed E-state index contributed by atoms with van der Waals surface area (Å²) in [6.45, 7) is 0.592. The van der Waals surface area contributed by atoms with Gasteiger partial charge in [-0.1, -0.05) is 60.7 Å². The maximum Gasteiger partial charge on any atom is 0.407 e. The minimum absolute atomic E-state index is 0.00992. The average Bonchev–Trinajstić information content (AvgIpc) is 3.20. The molecule has 1 aliphatic carbocycles. The number of alkyl carbamates (subject to hydrolysis) is 1. The molecule has 1 aliphatic rings. The SMILES string of the molecule is O=C(COCCNC(=O)OCC1c2ccccc2-c2ccccc21)NCc1cccc(C(=O)O)c1. The number of hydrogen-bond donors (Lipinski definition) is 3. The molecule has 0 heterocycles. The lowest BCUT2D eigenvalue weighted by molar-refractivity contribution is -0.125. The molecule has 0 unspecified atom stereocenters. The van der Waals surface area contributed by atoms with Gasteiger partial charge in [-0.25, -0.2) is 9.59 Å². The third kappa shape index (κ3) is 6.04. The summed E-state index contributed by atoms with van der Waals surface area (Å²) in [6.07, 6.45) is -0.543. The number of hydrogen-bond acceptors (Lipinski definition) is 5. The van der Waals surface area contributed by atoms with Gasteiger partial charge in [0, 0.05) is 19.0 Å². The number of rotatable bonds is 10. The van der Waals surface area contributed by atoms with Crippen LogP contribution in [0.1, 0.15) is 33.0 Å². The molecule has 0 aliphatic heterocycles. The third-order valence-corrected chi connectivity index (χ3v) is 5.76. The number of aromatic carboxylic acids is 1. The third-order valence-electron chi connectivity index (χ3n) is 5.76. The van der Waals surface area contributed by atoms with Crippen LogP contribution in [-0.4, -0.2) is 49.4 Å². The van der Waals surface area contributed by atoms with Crippen molar-refractivity contribution in [2.45, 2.75) is 12.5 Å². The van der Waals surface area contributed by atoms with Crippen LogP contribution in [0.2, 0.25) is 0 Å². The Hall–Kier alpha value is -4.17. The van der Waals surface area contributed by atoms with Crippen LogP contribution in [0.3, 0.4) is 0 Å². The summed E-state index contributed by atoms with van der Waals surface area (Å²) in [5, 5.41) is 14.3. The van der Waals surface area contributed by atoms with Crippen LogP contribution in [0.25, 0.3) is 11.1 Å². The minimum atomic E-state index is -1.02. The van der Waals surface area contributed by atoms with E-state index in [1.807, 2.05) is 24.3 Å². The van der Waals surface area contributed by atoms with Gasteiger partial charge in [-0.15, -0.1) is 0 Å². The minimum Gasteiger partial charge on any atom is -0.478 e. The largest absolute Gasteiger partial charge is 0.478 e. The van der Waals surface area contributed by atoms with Crippen molar-refractivity contribution < 1.29 is 29.0 Å². The van der Waals surface area contributed by atoms with Crippen molar-refractivity contribution in [1.29, 1.82) is 0 Å². The molecule has 0 saturated heterocycles. The number of benzene rings is 3. The van der Waals surface area contributed by atoms with Crippen molar-refractivity contribution in [3.05, 3.63) is 95.1 Å². The van der Waals surface area contributed by atoms with Gasteiger partial charge in [-0.2, -0.15) is 0 Å². The van der Waals surface area contributed by atoms with Crippen LogP contribution in [0.5, 0.6) is 0 Å². The van der Waals surface area contributed by atoms with Crippen LogP contribution in [0, 0.1) is 0 Å². The fourth-order valence-corrected chi connectivity index (χ4v) is 4.11. The van der Waals surface area contributed by atoms with Gasteiger partial charge in [-0.3, -0.25) is 4.79 Å². The number of fused-ring (bicyclic) bond motifs is 3. The van der Waals surface area contributed by atoms with Crippen molar-refractivity contribution >= 4 is 18.0 Å². The fraction of sp³-hybridized carbons (Fsp3) is 0.222. The Labute approximate surface area is 202 Å². The fourth-order valence-electron chi connectivity index (χ4n) is 4.11. The maximum absolute atomic E-state index is 12.1. The Balaban J connectivity index is 1.14. The lowest BCUT2D eigenvalue weighted by Crippen LogP contribution is -2.31. The Morgan fingerprint density at radius 1 is 0.857 bits per heavy atom. The molecule has 2 amide bonds. The van der Waals surface area contributed by atoms with E-state index >= 15 is 0 Å². The standard InChI is InChI=1S/C27H26N2O6/c30-25(29-15-18-6-5-7-19(14-18)26(31)32)17-34-13-12-28-27(33)35-16-24-22-10-3-1-8-20(22)21-9-2-4-11-23(21)24/h1-11,14,24H,12-13,15-17H2,(H,28,33)(H,29,30)(H,31,32). The second-order valence-corrected chi connectivity index (χ2v) is 8.09. The highest BCUT2D eigenvalue weighted by molar-refractivity contribution is 5.87. The first kappa shape index (κ1) is 24.0. The maximum atomic E-state index is 12.1. The predicted octanol–water partition coefficient (Wildman–Crippen LogP) is 3.56. The molecular weight excluding hydrogens is 448 g/mol. The molecule has 0 spiro atoms. The zero-order valence-electron chi connectivity index (χ0n) is 19.0. The second kappa shape index (κ2) is 11.3. The second-order valence-electron chi connectivity index (χ2n) is 8.09. The van der Waals surface area contributed by atoms with Crippen molar-refractivity contribution in [3.63, 3.8) is 0 Å². The molecule has 8 heteroatoms. The van der Waals surface area contributed by atoms with Crippen molar-refractivity contribution in [2.75, 3.05) is 26.4 Å². The van der Waals surface area contributed by atoms with Crippen LogP contribution < -0.4 is 10.6 Å². The summed E-state index contributed by atoms with van der Waals surface area (Å²) in [6, 6.07) is 22.6. The topological polar surface area (TPSA) is 114 Å². The quantitative estimate of drug-likeness (QED) is 0.387. The summed E-state index contributed by atoms with van der Waals surface area (Å²) >= 11 is 0. The van der Waals surface area contributed by atoms with Crippen molar-refractivity contribution in [2.24, 2.45) is 0 Å². The van der Waals surface area contributed by atoms with Gasteiger partial charge >= 0.3 is 12.1 Å². The Morgan fingerprint density at radius 2 is 1.54 bits per heavy atom. The molecule has 8 nitrogen and oxygen atoms in total. The van der Waals surface area contributed by atoms with E-state index in [0.717, 1.165) is 11.1 Å². The van der Waals surface area contributed by atoms with E-state index in [9.17, 15) is 14.4 Å². The average molecular weight is 475 g/mol. The van der Waals surface area contributed by atoms with E-state index in [4.69, 9.17) is 14.6 Å². The number of ether oxygens (including phenoxy) is 2. The molecule has 0 atom stereocenters. The Kier molecular flexibility index (Phi) is 7.74. The summed E-state index contributed by atoms with van der Waals surface area (Å²) < 4.78 is 10.7. The van der Waals surface area contributed by atoms with Gasteiger partial charge in [-0.05, 0) is 39.9 Å². The molecule has 3 aromatic rings. The molecule has 3 aromatic carbocycles. The normalized spacial score (nSPS) is 11.9. The van der Waals surface area contributed by atoms with Gasteiger partial charge in [0.1, 0.15) is 13.2 Å². The molecule has 0 fully saturated rings. The highest BCUT2D eigenvalue weighted by atomic mass is 16.5. The lowest BCUT2D eigenvalue weighted by Gasteiger charge is -2.14. The number of carbonyl (C=O) groups excluding carboxylic acids is 2. The van der Waals surface area contributed by atoms with Crippen LogP contribution in [-0.2, 0) is 20.8 Å². The van der Waals surface area contributed by atoms with E-state index in [1.165, 1.54) is 23.3 Å². The monoisotopic (exact) mass is 474 g/mol. The molecule has 0 bridgehead atoms. The van der Waals surface area contributed by atoms with Gasteiger partial charge in [0.05, 0.1) is 12.2 Å². The zero-order valence-corrected chi connectivity index (χ0v) is 19.0. The first-order chi connectivity index (χ1) is 17.0. The number of carbonyl (C=O) groups is 3. The highest BCUT2D eigenvalue weighted by Gasteiger charge is 2.28. The smallest absolute Gasteiger partial charge is 0.407 e. The summed E-state index contributed by atoms with van der Waals surface area (Å²) in [5.74, 6) is -1.37. The van der Waals surface area contributed by atoms with Gasteiger partial charge < -0.3 is 25.2 Å². The van der Waals surface area contributed by atoms with Gasteiger partial charge in [0.15, 0.2) is 0 Å².